The normalized spacial score (nSPS) is 11.6. The topological polar surface area (TPSA) is 32.8 Å². The van der Waals surface area contributed by atoms with Crippen molar-refractivity contribution >= 4 is 78.0 Å². The lowest BCUT2D eigenvalue weighted by Crippen LogP contribution is -2.13. The van der Waals surface area contributed by atoms with E-state index in [-0.39, 0.29) is 0 Å². The number of furan rings is 2. The quantitative estimate of drug-likeness (QED) is 0.162. The fraction of sp³-hybridized carbons (Fsp3) is 0.111. The van der Waals surface area contributed by atoms with E-state index in [0.717, 1.165) is 78.0 Å². The summed E-state index contributed by atoms with van der Waals surface area (Å²) in [5, 5.41) is 4.47. The number of hydrogen-bond acceptors (Lipinski definition) is 4. The molecule has 10 rings (SSSR count). The van der Waals surface area contributed by atoms with E-state index in [2.05, 4.69) is 185 Å². The minimum Gasteiger partial charge on any atom is -0.456 e. The summed E-state index contributed by atoms with van der Waals surface area (Å²) in [5.74, 6) is 0. The number of nitrogens with zero attached hydrogens (tertiary/aromatic N) is 2. The molecule has 58 heavy (non-hydrogen) atoms. The van der Waals surface area contributed by atoms with E-state index in [0.29, 0.717) is 0 Å². The smallest absolute Gasteiger partial charge is 0.135 e. The Morgan fingerprint density at radius 1 is 0.293 bits per heavy atom. The molecule has 0 aliphatic heterocycles. The first-order chi connectivity index (χ1) is 28.2. The van der Waals surface area contributed by atoms with Crippen LogP contribution in [-0.4, -0.2) is 0 Å². The highest BCUT2D eigenvalue weighted by molar-refractivity contribution is 6.08. The highest BCUT2D eigenvalue weighted by Crippen LogP contribution is 2.46. The van der Waals surface area contributed by atoms with Crippen LogP contribution in [0.3, 0.4) is 0 Å². The predicted molar refractivity (Wildman–Crippen MR) is 244 cm³/mol. The van der Waals surface area contributed by atoms with Crippen LogP contribution in [-0.2, 0) is 0 Å². The summed E-state index contributed by atoms with van der Waals surface area (Å²) < 4.78 is 12.5. The monoisotopic (exact) mass is 752 g/mol. The van der Waals surface area contributed by atoms with Crippen LogP contribution in [0, 0.1) is 41.5 Å². The van der Waals surface area contributed by atoms with Crippen molar-refractivity contribution in [3.8, 4) is 11.1 Å². The molecule has 0 aliphatic carbocycles. The molecule has 2 heterocycles. The Bertz CT molecular complexity index is 2960. The first-order valence-corrected chi connectivity index (χ1v) is 20.0. The summed E-state index contributed by atoms with van der Waals surface area (Å²) in [6.07, 6.45) is 0. The fourth-order valence-electron chi connectivity index (χ4n) is 9.12. The summed E-state index contributed by atoms with van der Waals surface area (Å²) in [6, 6.07) is 56.3. The van der Waals surface area contributed by atoms with Gasteiger partial charge in [-0.05, 0) is 171 Å². The first-order valence-electron chi connectivity index (χ1n) is 20.0. The molecule has 4 heteroatoms. The minimum atomic E-state index is 0.892. The van der Waals surface area contributed by atoms with Crippen LogP contribution in [0.15, 0.2) is 167 Å². The second kappa shape index (κ2) is 13.9. The van der Waals surface area contributed by atoms with Crippen LogP contribution in [0.1, 0.15) is 33.4 Å². The van der Waals surface area contributed by atoms with Crippen molar-refractivity contribution in [2.24, 2.45) is 0 Å². The van der Waals surface area contributed by atoms with E-state index in [1.807, 2.05) is 24.3 Å². The third kappa shape index (κ3) is 5.83. The largest absolute Gasteiger partial charge is 0.456 e. The van der Waals surface area contributed by atoms with E-state index in [4.69, 9.17) is 8.83 Å². The highest BCUT2D eigenvalue weighted by atomic mass is 16.3. The number of fused-ring (bicyclic) bond motifs is 6. The van der Waals surface area contributed by atoms with E-state index in [9.17, 15) is 0 Å². The molecule has 0 radical (unpaired) electrons. The zero-order valence-corrected chi connectivity index (χ0v) is 33.7. The van der Waals surface area contributed by atoms with Gasteiger partial charge in [0.2, 0.25) is 0 Å². The molecule has 8 aromatic carbocycles. The van der Waals surface area contributed by atoms with Gasteiger partial charge in [0.15, 0.2) is 0 Å². The van der Waals surface area contributed by atoms with Crippen molar-refractivity contribution in [3.05, 3.63) is 191 Å². The molecule has 0 spiro atoms. The molecule has 0 N–H and O–H groups in total. The van der Waals surface area contributed by atoms with Crippen molar-refractivity contribution < 1.29 is 8.83 Å². The van der Waals surface area contributed by atoms with Gasteiger partial charge >= 0.3 is 0 Å². The molecule has 0 bridgehead atoms. The molecule has 4 nitrogen and oxygen atoms in total. The Hall–Kier alpha value is -7.04. The maximum atomic E-state index is 6.23. The van der Waals surface area contributed by atoms with Crippen molar-refractivity contribution in [2.45, 2.75) is 41.5 Å². The third-order valence-corrected chi connectivity index (χ3v) is 11.8. The molecule has 10 aromatic rings. The van der Waals surface area contributed by atoms with Crippen molar-refractivity contribution in [1.82, 2.24) is 0 Å². The number of hydrogen-bond donors (Lipinski definition) is 0. The lowest BCUT2D eigenvalue weighted by atomic mass is 9.88. The van der Waals surface area contributed by atoms with Gasteiger partial charge in [-0.15, -0.1) is 0 Å². The van der Waals surface area contributed by atoms with E-state index in [1.54, 1.807) is 0 Å². The van der Waals surface area contributed by atoms with Crippen LogP contribution in [0.4, 0.5) is 34.1 Å². The Labute approximate surface area is 339 Å². The Balaban J connectivity index is 1.10. The maximum Gasteiger partial charge on any atom is 0.135 e. The number of para-hydroxylation sites is 4. The number of aryl methyl sites for hydroxylation is 6. The van der Waals surface area contributed by atoms with E-state index < -0.39 is 0 Å². The Morgan fingerprint density at radius 2 is 0.638 bits per heavy atom. The highest BCUT2D eigenvalue weighted by Gasteiger charge is 2.23. The van der Waals surface area contributed by atoms with Crippen LogP contribution >= 0.6 is 0 Å². The van der Waals surface area contributed by atoms with Gasteiger partial charge in [0.1, 0.15) is 22.3 Å². The number of rotatable bonds is 7. The van der Waals surface area contributed by atoms with Gasteiger partial charge in [-0.1, -0.05) is 72.8 Å². The second-order valence-electron chi connectivity index (χ2n) is 15.7. The summed E-state index contributed by atoms with van der Waals surface area (Å²) in [5.41, 5.74) is 20.2. The van der Waals surface area contributed by atoms with E-state index in [1.165, 1.54) is 44.5 Å². The van der Waals surface area contributed by atoms with Crippen LogP contribution in [0.25, 0.3) is 55.0 Å². The molecule has 0 aliphatic rings. The molecule has 0 atom stereocenters. The van der Waals surface area contributed by atoms with E-state index >= 15 is 0 Å². The average molecular weight is 753 g/mol. The summed E-state index contributed by atoms with van der Waals surface area (Å²) >= 11 is 0. The Morgan fingerprint density at radius 3 is 1.03 bits per heavy atom. The number of benzene rings is 8. The van der Waals surface area contributed by atoms with Gasteiger partial charge in [0.25, 0.3) is 0 Å². The lowest BCUT2D eigenvalue weighted by molar-refractivity contribution is 0.668. The van der Waals surface area contributed by atoms with Crippen LogP contribution in [0.5, 0.6) is 0 Å². The first kappa shape index (κ1) is 35.4. The molecule has 0 unspecified atom stereocenters. The lowest BCUT2D eigenvalue weighted by Gasteiger charge is -2.30. The predicted octanol–water partition coefficient (Wildman–Crippen LogP) is 15.9. The fourth-order valence-corrected chi connectivity index (χ4v) is 9.12. The van der Waals surface area contributed by atoms with Gasteiger partial charge < -0.3 is 18.6 Å². The Kier molecular flexibility index (Phi) is 8.45. The van der Waals surface area contributed by atoms with Gasteiger partial charge in [-0.2, -0.15) is 0 Å². The summed E-state index contributed by atoms with van der Waals surface area (Å²) in [6.45, 7) is 13.4. The van der Waals surface area contributed by atoms with Gasteiger partial charge in [-0.3, -0.25) is 0 Å². The van der Waals surface area contributed by atoms with Gasteiger partial charge in [-0.25, -0.2) is 0 Å². The average Bonchev–Trinajstić information content (AvgIpc) is 3.78. The molecule has 2 aromatic heterocycles. The number of anilines is 6. The van der Waals surface area contributed by atoms with Gasteiger partial charge in [0.05, 0.1) is 0 Å². The summed E-state index contributed by atoms with van der Waals surface area (Å²) in [7, 11) is 0. The molecule has 0 amide bonds. The molecule has 0 saturated heterocycles. The molecular weight excluding hydrogens is 709 g/mol. The van der Waals surface area contributed by atoms with Crippen molar-refractivity contribution in [1.29, 1.82) is 0 Å². The van der Waals surface area contributed by atoms with Gasteiger partial charge in [0, 0.05) is 55.7 Å². The molecule has 0 saturated carbocycles. The minimum absolute atomic E-state index is 0.892. The summed E-state index contributed by atoms with van der Waals surface area (Å²) in [4.78, 5) is 4.78. The zero-order chi connectivity index (χ0) is 39.7. The molecule has 0 fully saturated rings. The van der Waals surface area contributed by atoms with Crippen LogP contribution < -0.4 is 9.80 Å². The standard InChI is InChI=1S/C54H44N2O2/c1-33-15-7-11-19-47(33)55(39-23-25-51-45(31-39)43-17-9-13-21-49(43)57-51)41-27-35(3)53(36(4)28-41)54-37(5)29-42(30-38(54)6)56(48-20-12-8-16-34(48)2)40-24-26-52-46(32-40)44-18-10-14-22-50(44)58-52/h7-32H,1-6H3. The molecule has 282 valence electrons. The maximum absolute atomic E-state index is 6.23. The van der Waals surface area contributed by atoms with Crippen molar-refractivity contribution in [3.63, 3.8) is 0 Å². The van der Waals surface area contributed by atoms with Crippen molar-refractivity contribution in [2.75, 3.05) is 9.80 Å². The van der Waals surface area contributed by atoms with Crippen LogP contribution in [0.2, 0.25) is 0 Å². The zero-order valence-electron chi connectivity index (χ0n) is 33.7. The second-order valence-corrected chi connectivity index (χ2v) is 15.7. The SMILES string of the molecule is Cc1ccccc1N(c1cc(C)c(-c2c(C)cc(N(c3ccc4oc5ccccc5c4c3)c3ccccc3C)cc2C)c(C)c1)c1ccc2oc3ccccc3c2c1. The molecular formula is C54H44N2O2. The third-order valence-electron chi connectivity index (χ3n) is 11.8.